The second-order valence-electron chi connectivity index (χ2n) is 8.52. The number of ether oxygens (including phenoxy) is 1. The Bertz CT molecular complexity index is 1100. The minimum atomic E-state index is -0.914. The van der Waals surface area contributed by atoms with E-state index in [1.807, 2.05) is 48.5 Å². The number of Topliss-reactive ketones (excluding diaryl/α,β-unsaturated/α-hetero) is 1. The van der Waals surface area contributed by atoms with Crippen LogP contribution < -0.4 is 4.74 Å². The molecule has 3 nitrogen and oxygen atoms in total. The van der Waals surface area contributed by atoms with Crippen molar-refractivity contribution in [2.45, 2.75) is 43.9 Å². The lowest BCUT2D eigenvalue weighted by Gasteiger charge is -2.45. The van der Waals surface area contributed by atoms with E-state index in [-0.39, 0.29) is 23.6 Å². The second kappa shape index (κ2) is 6.94. The van der Waals surface area contributed by atoms with E-state index in [2.05, 4.69) is 38.1 Å². The van der Waals surface area contributed by atoms with Crippen molar-refractivity contribution in [2.24, 2.45) is 0 Å². The number of benzene rings is 3. The van der Waals surface area contributed by atoms with Crippen molar-refractivity contribution in [2.75, 3.05) is 0 Å². The van der Waals surface area contributed by atoms with Gasteiger partial charge in [0.25, 0.3) is 0 Å². The minimum Gasteiger partial charge on any atom is -0.426 e. The lowest BCUT2D eigenvalue weighted by atomic mass is 9.53. The summed E-state index contributed by atoms with van der Waals surface area (Å²) in [6.07, 6.45) is 0.688. The molecule has 1 unspecified atom stereocenters. The summed E-state index contributed by atoms with van der Waals surface area (Å²) >= 11 is 0. The Hall–Kier alpha value is -3.20. The largest absolute Gasteiger partial charge is 0.426 e. The van der Waals surface area contributed by atoms with Gasteiger partial charge in [0.1, 0.15) is 16.9 Å². The third-order valence-corrected chi connectivity index (χ3v) is 6.96. The molecule has 1 heterocycles. The summed E-state index contributed by atoms with van der Waals surface area (Å²) in [6, 6.07) is 23.9. The Kier molecular flexibility index (Phi) is 4.35. The van der Waals surface area contributed by atoms with Crippen LogP contribution in [-0.4, -0.2) is 11.8 Å². The molecule has 1 saturated carbocycles. The molecular weight excluding hydrogens is 372 g/mol. The maximum absolute atomic E-state index is 13.8. The molecule has 3 aromatic carbocycles. The SMILES string of the molecule is Cc1ccccc1[C@H]1CC(=O)C[C@@H](c2ccccc2C)C12C(=O)Oc1ccccc12. The van der Waals surface area contributed by atoms with Gasteiger partial charge in [-0.05, 0) is 42.2 Å². The first kappa shape index (κ1) is 18.8. The van der Waals surface area contributed by atoms with Crippen LogP contribution in [0.2, 0.25) is 0 Å². The first-order chi connectivity index (χ1) is 14.5. The normalized spacial score (nSPS) is 25.3. The predicted molar refractivity (Wildman–Crippen MR) is 116 cm³/mol. The zero-order chi connectivity index (χ0) is 20.9. The van der Waals surface area contributed by atoms with Gasteiger partial charge < -0.3 is 4.74 Å². The van der Waals surface area contributed by atoms with E-state index in [1.54, 1.807) is 0 Å². The Labute approximate surface area is 176 Å². The molecule has 3 heteroatoms. The van der Waals surface area contributed by atoms with Crippen LogP contribution in [0.25, 0.3) is 0 Å². The molecule has 2 aliphatic rings. The molecule has 0 aromatic heterocycles. The maximum Gasteiger partial charge on any atom is 0.323 e. The molecule has 1 fully saturated rings. The molecule has 0 radical (unpaired) electrons. The van der Waals surface area contributed by atoms with Gasteiger partial charge >= 0.3 is 5.97 Å². The lowest BCUT2D eigenvalue weighted by Crippen LogP contribution is -2.50. The van der Waals surface area contributed by atoms with Gasteiger partial charge in [-0.2, -0.15) is 0 Å². The van der Waals surface area contributed by atoms with E-state index >= 15 is 0 Å². The third-order valence-electron chi connectivity index (χ3n) is 6.96. The van der Waals surface area contributed by atoms with Crippen molar-refractivity contribution in [3.05, 3.63) is 101 Å². The molecule has 1 aliphatic heterocycles. The lowest BCUT2D eigenvalue weighted by molar-refractivity contribution is -0.142. The zero-order valence-corrected chi connectivity index (χ0v) is 17.2. The van der Waals surface area contributed by atoms with Gasteiger partial charge in [0.15, 0.2) is 0 Å². The van der Waals surface area contributed by atoms with Crippen LogP contribution in [0.4, 0.5) is 0 Å². The molecule has 0 saturated heterocycles. The summed E-state index contributed by atoms with van der Waals surface area (Å²) in [7, 11) is 0. The molecule has 3 aromatic rings. The standard InChI is InChI=1S/C27H24O3/c1-17-9-3-5-11-20(17)23-15-19(28)16-24(21-12-6-4-10-18(21)2)27(23)22-13-7-8-14-25(22)30-26(27)29/h3-14,23-24H,15-16H2,1-2H3/t23-,24+,27?. The van der Waals surface area contributed by atoms with Gasteiger partial charge in [0.2, 0.25) is 0 Å². The Balaban J connectivity index is 1.84. The van der Waals surface area contributed by atoms with Crippen LogP contribution in [0.1, 0.15) is 52.5 Å². The Morgan fingerprint density at radius 3 is 1.80 bits per heavy atom. The average Bonchev–Trinajstić information content (AvgIpc) is 3.03. The second-order valence-corrected chi connectivity index (χ2v) is 8.52. The molecular formula is C27H24O3. The fraction of sp³-hybridized carbons (Fsp3) is 0.259. The maximum atomic E-state index is 13.8. The van der Waals surface area contributed by atoms with Crippen molar-refractivity contribution in [1.82, 2.24) is 0 Å². The van der Waals surface area contributed by atoms with Crippen molar-refractivity contribution < 1.29 is 14.3 Å². The Morgan fingerprint density at radius 2 is 1.23 bits per heavy atom. The van der Waals surface area contributed by atoms with Crippen molar-refractivity contribution in [3.63, 3.8) is 0 Å². The van der Waals surface area contributed by atoms with Gasteiger partial charge in [-0.1, -0.05) is 66.7 Å². The predicted octanol–water partition coefficient (Wildman–Crippen LogP) is 5.39. The van der Waals surface area contributed by atoms with Crippen LogP contribution in [0.5, 0.6) is 5.75 Å². The highest BCUT2D eigenvalue weighted by atomic mass is 16.5. The van der Waals surface area contributed by atoms with E-state index in [1.165, 1.54) is 0 Å². The summed E-state index contributed by atoms with van der Waals surface area (Å²) in [5.74, 6) is 0.0486. The van der Waals surface area contributed by atoms with E-state index in [9.17, 15) is 9.59 Å². The van der Waals surface area contributed by atoms with Crippen LogP contribution in [-0.2, 0) is 15.0 Å². The van der Waals surface area contributed by atoms with Crippen LogP contribution in [0.15, 0.2) is 72.8 Å². The molecule has 5 rings (SSSR count). The zero-order valence-electron chi connectivity index (χ0n) is 17.2. The highest BCUT2D eigenvalue weighted by Crippen LogP contribution is 2.61. The smallest absolute Gasteiger partial charge is 0.323 e. The molecule has 150 valence electrons. The van der Waals surface area contributed by atoms with Gasteiger partial charge in [0, 0.05) is 30.2 Å². The fourth-order valence-corrected chi connectivity index (χ4v) is 5.62. The van der Waals surface area contributed by atoms with Crippen molar-refractivity contribution in [1.29, 1.82) is 0 Å². The molecule has 0 bridgehead atoms. The van der Waals surface area contributed by atoms with E-state index in [0.29, 0.717) is 18.6 Å². The minimum absolute atomic E-state index is 0.194. The molecule has 1 spiro atoms. The average molecular weight is 396 g/mol. The van der Waals surface area contributed by atoms with Crippen LogP contribution in [0, 0.1) is 13.8 Å². The van der Waals surface area contributed by atoms with E-state index in [4.69, 9.17) is 4.74 Å². The summed E-state index contributed by atoms with van der Waals surface area (Å²) in [4.78, 5) is 26.8. The monoisotopic (exact) mass is 396 g/mol. The topological polar surface area (TPSA) is 43.4 Å². The number of para-hydroxylation sites is 1. The number of carbonyl (C=O) groups excluding carboxylic acids is 2. The molecule has 0 N–H and O–H groups in total. The number of fused-ring (bicyclic) bond motifs is 2. The number of esters is 1. The first-order valence-corrected chi connectivity index (χ1v) is 10.5. The van der Waals surface area contributed by atoms with Gasteiger partial charge in [-0.15, -0.1) is 0 Å². The quantitative estimate of drug-likeness (QED) is 0.431. The number of aryl methyl sites for hydroxylation is 2. The first-order valence-electron chi connectivity index (χ1n) is 10.5. The Morgan fingerprint density at radius 1 is 0.733 bits per heavy atom. The molecule has 1 aliphatic carbocycles. The highest BCUT2D eigenvalue weighted by molar-refractivity contribution is 5.97. The summed E-state index contributed by atoms with van der Waals surface area (Å²) in [5, 5.41) is 0. The van der Waals surface area contributed by atoms with Crippen molar-refractivity contribution >= 4 is 11.8 Å². The molecule has 3 atom stereocenters. The van der Waals surface area contributed by atoms with E-state index < -0.39 is 5.41 Å². The molecule has 0 amide bonds. The third kappa shape index (κ3) is 2.58. The van der Waals surface area contributed by atoms with Crippen molar-refractivity contribution in [3.8, 4) is 5.75 Å². The van der Waals surface area contributed by atoms with Gasteiger partial charge in [0.05, 0.1) is 0 Å². The van der Waals surface area contributed by atoms with Gasteiger partial charge in [-0.25, -0.2) is 0 Å². The number of ketones is 1. The number of rotatable bonds is 2. The number of hydrogen-bond donors (Lipinski definition) is 0. The van der Waals surface area contributed by atoms with Gasteiger partial charge in [-0.3, -0.25) is 9.59 Å². The summed E-state index contributed by atoms with van der Waals surface area (Å²) in [5.41, 5.74) is 4.29. The van der Waals surface area contributed by atoms with Crippen LogP contribution in [0.3, 0.4) is 0 Å². The highest BCUT2D eigenvalue weighted by Gasteiger charge is 2.62. The number of carbonyl (C=O) groups is 2. The van der Waals surface area contributed by atoms with Crippen LogP contribution >= 0.6 is 0 Å². The fourth-order valence-electron chi connectivity index (χ4n) is 5.62. The number of hydrogen-bond acceptors (Lipinski definition) is 3. The summed E-state index contributed by atoms with van der Waals surface area (Å²) < 4.78 is 5.87. The van der Waals surface area contributed by atoms with E-state index in [0.717, 1.165) is 27.8 Å². The summed E-state index contributed by atoms with van der Waals surface area (Å²) in [6.45, 7) is 4.11. The molecule has 30 heavy (non-hydrogen) atoms.